The van der Waals surface area contributed by atoms with Crippen LogP contribution in [0, 0.1) is 0 Å². The highest BCUT2D eigenvalue weighted by Gasteiger charge is 2.10. The molecule has 0 saturated carbocycles. The van der Waals surface area contributed by atoms with Crippen molar-refractivity contribution in [1.29, 1.82) is 0 Å². The number of thiol groups is 1. The molecule has 0 aliphatic rings. The van der Waals surface area contributed by atoms with Gasteiger partial charge in [-0.25, -0.2) is 0 Å². The minimum absolute atomic E-state index is 0.0125. The Morgan fingerprint density at radius 3 is 2.44 bits per heavy atom. The monoisotopic (exact) mass is 265 g/mol. The van der Waals surface area contributed by atoms with Gasteiger partial charge in [0.2, 0.25) is 5.91 Å². The minimum atomic E-state index is -0.496. The molecule has 0 aliphatic heterocycles. The number of hydrogen-bond donors (Lipinski definition) is 2. The summed E-state index contributed by atoms with van der Waals surface area (Å²) < 4.78 is 0.917. The number of amides is 1. The number of benzene rings is 1. The van der Waals surface area contributed by atoms with E-state index in [1.54, 1.807) is 24.3 Å². The first kappa shape index (κ1) is 14.2. The van der Waals surface area contributed by atoms with Gasteiger partial charge in [0.25, 0.3) is 5.56 Å². The van der Waals surface area contributed by atoms with Gasteiger partial charge in [-0.15, -0.1) is 0 Å². The van der Waals surface area contributed by atoms with Gasteiger partial charge < -0.3 is 5.73 Å². The van der Waals surface area contributed by atoms with Crippen molar-refractivity contribution in [1.82, 2.24) is 9.19 Å². The van der Waals surface area contributed by atoms with Crippen LogP contribution in [0.3, 0.4) is 0 Å². The van der Waals surface area contributed by atoms with E-state index < -0.39 is 5.91 Å². The summed E-state index contributed by atoms with van der Waals surface area (Å²) >= 11 is 3.91. The van der Waals surface area contributed by atoms with Crippen LogP contribution in [0.4, 0.5) is 0 Å². The molecule has 0 radical (unpaired) electrons. The Hall–Kier alpha value is -1.82. The first-order valence-electron chi connectivity index (χ1n) is 5.58. The van der Waals surface area contributed by atoms with Gasteiger partial charge >= 0.3 is 0 Å². The van der Waals surface area contributed by atoms with Crippen molar-refractivity contribution in [2.24, 2.45) is 5.73 Å². The van der Waals surface area contributed by atoms with E-state index in [1.165, 1.54) is 0 Å². The summed E-state index contributed by atoms with van der Waals surface area (Å²) in [4.78, 5) is 22.6. The zero-order chi connectivity index (χ0) is 13.7. The number of hydrogen-bond acceptors (Lipinski definition) is 4. The molecule has 0 saturated heterocycles. The largest absolute Gasteiger partial charge is 0.369 e. The summed E-state index contributed by atoms with van der Waals surface area (Å²) in [6, 6.07) is 6.91. The van der Waals surface area contributed by atoms with Crippen LogP contribution in [0.25, 0.3) is 10.8 Å². The van der Waals surface area contributed by atoms with Crippen molar-refractivity contribution in [2.75, 3.05) is 0 Å². The van der Waals surface area contributed by atoms with E-state index in [1.807, 2.05) is 13.8 Å². The van der Waals surface area contributed by atoms with Crippen molar-refractivity contribution in [3.63, 3.8) is 0 Å². The average Bonchev–Trinajstić information content (AvgIpc) is 2.37. The summed E-state index contributed by atoms with van der Waals surface area (Å²) in [7, 11) is 0. The summed E-state index contributed by atoms with van der Waals surface area (Å²) in [5.41, 5.74) is 5.26. The average molecular weight is 265 g/mol. The molecule has 0 bridgehead atoms. The molecule has 2 aromatic rings. The summed E-state index contributed by atoms with van der Waals surface area (Å²) in [6.45, 7) is 4.00. The number of primary amides is 1. The van der Waals surface area contributed by atoms with Crippen LogP contribution < -0.4 is 11.3 Å². The molecule has 18 heavy (non-hydrogen) atoms. The Labute approximate surface area is 110 Å². The summed E-state index contributed by atoms with van der Waals surface area (Å²) in [5, 5.41) is 5.02. The Kier molecular flexibility index (Phi) is 4.91. The maximum atomic E-state index is 11.7. The second-order valence-electron chi connectivity index (χ2n) is 3.33. The molecule has 1 amide bonds. The third kappa shape index (κ3) is 2.89. The van der Waals surface area contributed by atoms with E-state index in [4.69, 9.17) is 5.73 Å². The lowest BCUT2D eigenvalue weighted by molar-refractivity contribution is -0.117. The van der Waals surface area contributed by atoms with Gasteiger partial charge in [-0.05, 0) is 18.9 Å². The Morgan fingerprint density at radius 1 is 1.33 bits per heavy atom. The van der Waals surface area contributed by atoms with Crippen molar-refractivity contribution in [2.45, 2.75) is 20.3 Å². The SMILES string of the molecule is CC.NC(=O)Cc1nn(S)c(=O)c2ccccc12. The number of fused-ring (bicyclic) bond motifs is 1. The fourth-order valence-corrected chi connectivity index (χ4v) is 1.75. The lowest BCUT2D eigenvalue weighted by Crippen LogP contribution is -2.21. The highest BCUT2D eigenvalue weighted by atomic mass is 32.1. The molecular formula is C12H15N3O2S. The zero-order valence-corrected chi connectivity index (χ0v) is 11.1. The summed E-state index contributed by atoms with van der Waals surface area (Å²) in [5.74, 6) is -0.496. The van der Waals surface area contributed by atoms with Gasteiger partial charge in [-0.3, -0.25) is 9.59 Å². The number of nitrogens with two attached hydrogens (primary N) is 1. The molecular weight excluding hydrogens is 250 g/mol. The van der Waals surface area contributed by atoms with Crippen molar-refractivity contribution < 1.29 is 4.79 Å². The third-order valence-corrected chi connectivity index (χ3v) is 2.48. The van der Waals surface area contributed by atoms with Crippen LogP contribution in [0.5, 0.6) is 0 Å². The predicted molar refractivity (Wildman–Crippen MR) is 74.6 cm³/mol. The number of aromatic nitrogens is 2. The van der Waals surface area contributed by atoms with Crippen molar-refractivity contribution >= 4 is 29.5 Å². The number of rotatable bonds is 2. The Morgan fingerprint density at radius 2 is 1.89 bits per heavy atom. The van der Waals surface area contributed by atoms with Crippen molar-refractivity contribution in [3.05, 3.63) is 40.3 Å². The van der Waals surface area contributed by atoms with E-state index in [-0.39, 0.29) is 12.0 Å². The van der Waals surface area contributed by atoms with Gasteiger partial charge in [0, 0.05) is 5.39 Å². The standard InChI is InChI=1S/C10H9N3O2S.C2H6/c11-9(14)5-8-6-3-1-2-4-7(6)10(15)13(16)12-8;1-2/h1-4,16H,5H2,(H2,11,14);1-2H3. The van der Waals surface area contributed by atoms with E-state index in [0.717, 1.165) is 4.09 Å². The smallest absolute Gasteiger partial charge is 0.284 e. The van der Waals surface area contributed by atoms with E-state index in [0.29, 0.717) is 16.5 Å². The topological polar surface area (TPSA) is 78.0 Å². The lowest BCUT2D eigenvalue weighted by atomic mass is 10.1. The molecule has 1 aromatic carbocycles. The molecule has 2 N–H and O–H groups in total. The lowest BCUT2D eigenvalue weighted by Gasteiger charge is -2.05. The van der Waals surface area contributed by atoms with Gasteiger partial charge in [0.15, 0.2) is 0 Å². The van der Waals surface area contributed by atoms with Crippen molar-refractivity contribution in [3.8, 4) is 0 Å². The van der Waals surface area contributed by atoms with E-state index in [9.17, 15) is 9.59 Å². The normalized spacial score (nSPS) is 9.72. The quantitative estimate of drug-likeness (QED) is 0.799. The molecule has 1 aromatic heterocycles. The van der Waals surface area contributed by atoms with Gasteiger partial charge in [0.1, 0.15) is 0 Å². The van der Waals surface area contributed by atoms with Crippen LogP contribution in [0.15, 0.2) is 29.1 Å². The Balaban J connectivity index is 0.000000771. The molecule has 0 unspecified atom stereocenters. The second-order valence-corrected chi connectivity index (χ2v) is 3.71. The number of nitrogens with zero attached hydrogens (tertiary/aromatic N) is 2. The minimum Gasteiger partial charge on any atom is -0.369 e. The van der Waals surface area contributed by atoms with E-state index in [2.05, 4.69) is 17.9 Å². The first-order valence-corrected chi connectivity index (χ1v) is 5.98. The van der Waals surface area contributed by atoms with Crippen LogP contribution in [-0.2, 0) is 11.2 Å². The predicted octanol–water partition coefficient (Wildman–Crippen LogP) is 1.14. The fourth-order valence-electron chi connectivity index (χ4n) is 1.54. The molecule has 0 spiro atoms. The molecule has 1 heterocycles. The number of carbonyl (C=O) groups excluding carboxylic acids is 1. The molecule has 6 heteroatoms. The van der Waals surface area contributed by atoms with Crippen LogP contribution in [-0.4, -0.2) is 15.1 Å². The van der Waals surface area contributed by atoms with Gasteiger partial charge in [-0.1, -0.05) is 32.0 Å². The maximum absolute atomic E-state index is 11.7. The van der Waals surface area contributed by atoms with Gasteiger partial charge in [0.05, 0.1) is 17.5 Å². The third-order valence-electron chi connectivity index (χ3n) is 2.21. The summed E-state index contributed by atoms with van der Waals surface area (Å²) in [6.07, 6.45) is -0.0125. The Bertz CT molecular complexity index is 622. The molecule has 0 fully saturated rings. The fraction of sp³-hybridized carbons (Fsp3) is 0.250. The highest BCUT2D eigenvalue weighted by molar-refractivity contribution is 7.78. The molecule has 0 atom stereocenters. The second kappa shape index (κ2) is 6.20. The van der Waals surface area contributed by atoms with Crippen LogP contribution in [0.1, 0.15) is 19.5 Å². The zero-order valence-electron chi connectivity index (χ0n) is 10.3. The molecule has 0 aliphatic carbocycles. The van der Waals surface area contributed by atoms with Crippen LogP contribution in [0.2, 0.25) is 0 Å². The molecule has 5 nitrogen and oxygen atoms in total. The van der Waals surface area contributed by atoms with Gasteiger partial charge in [-0.2, -0.15) is 9.19 Å². The molecule has 96 valence electrons. The molecule has 2 rings (SSSR count). The first-order chi connectivity index (χ1) is 8.59. The van der Waals surface area contributed by atoms with E-state index >= 15 is 0 Å². The van der Waals surface area contributed by atoms with Crippen LogP contribution >= 0.6 is 12.8 Å². The maximum Gasteiger partial charge on any atom is 0.284 e. The highest BCUT2D eigenvalue weighted by Crippen LogP contribution is 2.13. The number of carbonyl (C=O) groups is 1.